The molecule has 0 aliphatic rings. The van der Waals surface area contributed by atoms with E-state index in [0.29, 0.717) is 11.1 Å². The maximum Gasteiger partial charge on any atom is 0.417 e. The van der Waals surface area contributed by atoms with Crippen molar-refractivity contribution in [1.29, 1.82) is 0 Å². The summed E-state index contributed by atoms with van der Waals surface area (Å²) in [6.07, 6.45) is -4.59. The molecule has 2 rings (SSSR count). The monoisotopic (exact) mass is 457 g/mol. The normalized spacial score (nSPS) is 13.1. The first-order valence-electron chi connectivity index (χ1n) is 9.22. The predicted molar refractivity (Wildman–Crippen MR) is 112 cm³/mol. The fourth-order valence-corrected chi connectivity index (χ4v) is 3.39. The molecule has 0 aliphatic carbocycles. The molecular formula is C21H23ClF3N3O3. The van der Waals surface area contributed by atoms with Crippen molar-refractivity contribution in [1.82, 2.24) is 10.8 Å². The van der Waals surface area contributed by atoms with Gasteiger partial charge in [0.25, 0.3) is 0 Å². The lowest BCUT2D eigenvalue weighted by Gasteiger charge is -2.20. The van der Waals surface area contributed by atoms with Crippen molar-refractivity contribution in [2.24, 2.45) is 5.16 Å². The number of rotatable bonds is 8. The number of halogens is 4. The minimum atomic E-state index is -4.59. The number of hydroxylamine groups is 1. The third-order valence-corrected chi connectivity index (χ3v) is 4.91. The fraction of sp³-hybridized carbons (Fsp3) is 0.333. The molecule has 2 N–H and O–H groups in total. The molecule has 2 aromatic rings. The summed E-state index contributed by atoms with van der Waals surface area (Å²) in [5, 5.41) is 6.32. The van der Waals surface area contributed by atoms with Gasteiger partial charge < -0.3 is 15.0 Å². The first kappa shape index (κ1) is 24.6. The Balaban J connectivity index is 2.35. The van der Waals surface area contributed by atoms with Crippen molar-refractivity contribution in [2.75, 3.05) is 14.2 Å². The highest BCUT2D eigenvalue weighted by molar-refractivity contribution is 6.34. The van der Waals surface area contributed by atoms with Crippen molar-refractivity contribution >= 4 is 23.2 Å². The van der Waals surface area contributed by atoms with Gasteiger partial charge in [0.1, 0.15) is 12.6 Å². The largest absolute Gasteiger partial charge is 0.417 e. The van der Waals surface area contributed by atoms with Gasteiger partial charge in [-0.25, -0.2) is 0 Å². The maximum absolute atomic E-state index is 13.3. The first-order chi connectivity index (χ1) is 14.6. The van der Waals surface area contributed by atoms with E-state index in [0.717, 1.165) is 11.6 Å². The quantitative estimate of drug-likeness (QED) is 0.451. The molecule has 0 aliphatic heterocycles. The molecule has 31 heavy (non-hydrogen) atoms. The van der Waals surface area contributed by atoms with Crippen molar-refractivity contribution in [3.05, 3.63) is 69.2 Å². The molecular weight excluding hydrogens is 435 g/mol. The van der Waals surface area contributed by atoms with Crippen LogP contribution < -0.4 is 10.8 Å². The van der Waals surface area contributed by atoms with E-state index in [4.69, 9.17) is 21.3 Å². The summed E-state index contributed by atoms with van der Waals surface area (Å²) in [6.45, 7) is 3.13. The van der Waals surface area contributed by atoms with Crippen LogP contribution in [0.3, 0.4) is 0 Å². The van der Waals surface area contributed by atoms with E-state index in [1.165, 1.54) is 33.2 Å². The number of carbonyl (C=O) groups is 1. The Morgan fingerprint density at radius 3 is 2.52 bits per heavy atom. The molecule has 1 unspecified atom stereocenters. The van der Waals surface area contributed by atoms with Crippen LogP contribution in [-0.4, -0.2) is 25.8 Å². The van der Waals surface area contributed by atoms with Crippen LogP contribution in [-0.2, 0) is 27.3 Å². The zero-order valence-electron chi connectivity index (χ0n) is 17.4. The van der Waals surface area contributed by atoms with Gasteiger partial charge in [-0.3, -0.25) is 4.79 Å². The van der Waals surface area contributed by atoms with Gasteiger partial charge in [0.05, 0.1) is 23.4 Å². The van der Waals surface area contributed by atoms with Gasteiger partial charge in [0.2, 0.25) is 5.91 Å². The van der Waals surface area contributed by atoms with Gasteiger partial charge in [-0.1, -0.05) is 41.0 Å². The maximum atomic E-state index is 13.3. The van der Waals surface area contributed by atoms with E-state index in [-0.39, 0.29) is 28.8 Å². The molecule has 1 atom stereocenters. The van der Waals surface area contributed by atoms with Gasteiger partial charge in [-0.2, -0.15) is 18.7 Å². The molecule has 6 nitrogen and oxygen atoms in total. The Kier molecular flexibility index (Phi) is 8.43. The van der Waals surface area contributed by atoms with Crippen molar-refractivity contribution < 1.29 is 27.6 Å². The van der Waals surface area contributed by atoms with E-state index in [1.807, 2.05) is 13.0 Å². The van der Waals surface area contributed by atoms with Gasteiger partial charge in [-0.15, -0.1) is 0 Å². The smallest absolute Gasteiger partial charge is 0.391 e. The molecule has 0 heterocycles. The highest BCUT2D eigenvalue weighted by Crippen LogP contribution is 2.35. The number of hydrogen-bond acceptors (Lipinski definition) is 5. The Hall–Kier alpha value is -2.62. The van der Waals surface area contributed by atoms with Gasteiger partial charge in [-0.05, 0) is 37.1 Å². The molecule has 0 spiro atoms. The van der Waals surface area contributed by atoms with E-state index in [9.17, 15) is 18.0 Å². The van der Waals surface area contributed by atoms with Gasteiger partial charge in [0.15, 0.2) is 0 Å². The van der Waals surface area contributed by atoms with E-state index in [1.54, 1.807) is 12.1 Å². The van der Waals surface area contributed by atoms with Crippen LogP contribution in [0.15, 0.2) is 41.6 Å². The molecule has 0 saturated carbocycles. The molecule has 0 aromatic heterocycles. The third-order valence-electron chi connectivity index (χ3n) is 4.59. The second-order valence-electron chi connectivity index (χ2n) is 6.62. The van der Waals surface area contributed by atoms with Crippen LogP contribution in [0.5, 0.6) is 0 Å². The number of carbonyl (C=O) groups excluding carboxylic acids is 1. The van der Waals surface area contributed by atoms with Crippen LogP contribution >= 0.6 is 11.6 Å². The number of alkyl halides is 3. The summed E-state index contributed by atoms with van der Waals surface area (Å²) >= 11 is 6.00. The summed E-state index contributed by atoms with van der Waals surface area (Å²) in [5.41, 5.74) is 3.51. The number of amides is 1. The first-order valence-corrected chi connectivity index (χ1v) is 9.60. The Labute approximate surface area is 183 Å². The number of oxime groups is 1. The van der Waals surface area contributed by atoms with Crippen LogP contribution in [0, 0.1) is 6.92 Å². The lowest BCUT2D eigenvalue weighted by Crippen LogP contribution is -2.36. The zero-order chi connectivity index (χ0) is 23.2. The van der Waals surface area contributed by atoms with E-state index in [2.05, 4.69) is 16.0 Å². The third kappa shape index (κ3) is 5.96. The minimum Gasteiger partial charge on any atom is -0.391 e. The van der Waals surface area contributed by atoms with Crippen molar-refractivity contribution in [3.8, 4) is 0 Å². The predicted octanol–water partition coefficient (Wildman–Crippen LogP) is 4.55. The van der Waals surface area contributed by atoms with Crippen molar-refractivity contribution in [2.45, 2.75) is 32.7 Å². The Morgan fingerprint density at radius 1 is 1.23 bits per heavy atom. The van der Waals surface area contributed by atoms with Crippen LogP contribution in [0.2, 0.25) is 5.02 Å². The summed E-state index contributed by atoms with van der Waals surface area (Å²) in [6, 6.07) is 8.02. The highest BCUT2D eigenvalue weighted by atomic mass is 35.5. The molecule has 0 bridgehead atoms. The average Bonchev–Trinajstić information content (AvgIpc) is 2.71. The van der Waals surface area contributed by atoms with E-state index >= 15 is 0 Å². The average molecular weight is 458 g/mol. The Morgan fingerprint density at radius 2 is 1.90 bits per heavy atom. The summed E-state index contributed by atoms with van der Waals surface area (Å²) < 4.78 is 40.0. The molecule has 10 heteroatoms. The second-order valence-corrected chi connectivity index (χ2v) is 7.03. The summed E-state index contributed by atoms with van der Waals surface area (Å²) in [5.74, 6) is -0.334. The fourth-order valence-electron chi connectivity index (χ4n) is 3.08. The number of nitrogens with zero attached hydrogens (tertiary/aromatic N) is 1. The minimum absolute atomic E-state index is 0.0223. The number of likely N-dealkylation sites (N-methyl/N-ethyl adjacent to an activating group) is 1. The number of aryl methyl sites for hydroxylation is 1. The molecule has 2 aromatic carbocycles. The summed E-state index contributed by atoms with van der Waals surface area (Å²) in [4.78, 5) is 22.6. The second kappa shape index (κ2) is 10.6. The van der Waals surface area contributed by atoms with E-state index < -0.39 is 17.8 Å². The van der Waals surface area contributed by atoms with Crippen LogP contribution in [0.1, 0.15) is 40.8 Å². The highest BCUT2D eigenvalue weighted by Gasteiger charge is 2.35. The molecule has 0 saturated heterocycles. The summed E-state index contributed by atoms with van der Waals surface area (Å²) in [7, 11) is 2.88. The zero-order valence-corrected chi connectivity index (χ0v) is 18.2. The van der Waals surface area contributed by atoms with Gasteiger partial charge >= 0.3 is 6.18 Å². The molecule has 0 radical (unpaired) electrons. The van der Waals surface area contributed by atoms with Crippen molar-refractivity contribution in [3.63, 3.8) is 0 Å². The van der Waals surface area contributed by atoms with Crippen LogP contribution in [0.4, 0.5) is 13.2 Å². The topological polar surface area (TPSA) is 72.0 Å². The molecule has 0 fully saturated rings. The SMILES string of the molecule is CNC(=O)C(NOC)c1cccc(C)c1CO/N=C(\C)c1c(Cl)cccc1C(F)(F)F. The van der Waals surface area contributed by atoms with Gasteiger partial charge in [0, 0.05) is 18.2 Å². The van der Waals surface area contributed by atoms with Crippen LogP contribution in [0.25, 0.3) is 0 Å². The number of benzene rings is 2. The molecule has 1 amide bonds. The number of hydrogen-bond donors (Lipinski definition) is 2. The standard InChI is InChI=1S/C21H23ClF3N3O3/c1-12-7-5-8-14(19(28-30-4)20(29)26-3)15(12)11-31-27-13(2)18-16(21(23,24)25)9-6-10-17(18)22/h5-10,19,28H,11H2,1-4H3,(H,26,29)/b27-13+. The number of nitrogens with one attached hydrogen (secondary N) is 2. The lowest BCUT2D eigenvalue weighted by molar-refractivity contribution is -0.137. The Bertz CT molecular complexity index is 965. The molecule has 168 valence electrons. The lowest BCUT2D eigenvalue weighted by atomic mass is 9.96.